The third-order valence-corrected chi connectivity index (χ3v) is 2.85. The largest absolute Gasteiger partial charge is 0.492 e. The molecule has 0 radical (unpaired) electrons. The highest BCUT2D eigenvalue weighted by molar-refractivity contribution is 6.00. The van der Waals surface area contributed by atoms with Crippen LogP contribution in [0.25, 0.3) is 10.9 Å². The fraction of sp³-hybridized carbons (Fsp3) is 0.133. The Morgan fingerprint density at radius 3 is 2.68 bits per heavy atom. The molecule has 0 spiro atoms. The van der Waals surface area contributed by atoms with Gasteiger partial charge in [-0.2, -0.15) is 5.26 Å². The fourth-order valence-corrected chi connectivity index (χ4v) is 1.98. The molecule has 1 heterocycles. The number of ether oxygens (including phenoxy) is 3. The molecule has 110 valence electrons. The number of nitriles is 1. The molecule has 1 aromatic carbocycles. The predicted octanol–water partition coefficient (Wildman–Crippen LogP) is 1.63. The summed E-state index contributed by atoms with van der Waals surface area (Å²) in [7, 11) is 2.53. The number of aromatic nitrogens is 1. The van der Waals surface area contributed by atoms with Crippen LogP contribution in [0.4, 0.5) is 0 Å². The quantitative estimate of drug-likeness (QED) is 0.480. The molecule has 0 fully saturated rings. The van der Waals surface area contributed by atoms with Crippen molar-refractivity contribution in [3.63, 3.8) is 0 Å². The number of esters is 1. The first kappa shape index (κ1) is 15.0. The van der Waals surface area contributed by atoms with Crippen molar-refractivity contribution in [3.05, 3.63) is 35.7 Å². The summed E-state index contributed by atoms with van der Waals surface area (Å²) in [4.78, 5) is 26.4. The maximum atomic E-state index is 11.9. The molecule has 1 aromatic heterocycles. The number of benzene rings is 1. The molecule has 2 aromatic rings. The van der Waals surface area contributed by atoms with Crippen LogP contribution < -0.4 is 9.47 Å². The van der Waals surface area contributed by atoms with E-state index in [2.05, 4.69) is 9.72 Å². The van der Waals surface area contributed by atoms with Gasteiger partial charge in [-0.3, -0.25) is 0 Å². The van der Waals surface area contributed by atoms with E-state index in [1.165, 1.54) is 20.2 Å². The van der Waals surface area contributed by atoms with E-state index < -0.39 is 5.97 Å². The van der Waals surface area contributed by atoms with E-state index in [9.17, 15) is 14.9 Å². The second-order valence-electron chi connectivity index (χ2n) is 3.98. The van der Waals surface area contributed by atoms with Gasteiger partial charge in [0.05, 0.1) is 36.8 Å². The van der Waals surface area contributed by atoms with Crippen molar-refractivity contribution >= 4 is 22.8 Å². The number of rotatable bonds is 4. The smallest absolute Gasteiger partial charge is 0.360 e. The topological polar surface area (TPSA) is 98.5 Å². The van der Waals surface area contributed by atoms with Crippen molar-refractivity contribution in [3.8, 4) is 17.6 Å². The number of carbonyl (C=O) groups is 1. The summed E-state index contributed by atoms with van der Waals surface area (Å²) in [6, 6.07) is 6.83. The van der Waals surface area contributed by atoms with Crippen LogP contribution in [0.5, 0.6) is 11.5 Å². The molecule has 2 rings (SSSR count). The lowest BCUT2D eigenvalue weighted by atomic mass is 10.1. The Morgan fingerprint density at radius 1 is 1.32 bits per heavy atom. The van der Waals surface area contributed by atoms with Gasteiger partial charge >= 0.3 is 5.97 Å². The number of carbonyl (C=O) groups excluding carboxylic acids is 2. The summed E-state index contributed by atoms with van der Waals surface area (Å²) < 4.78 is 15.0. The molecule has 0 N–H and O–H groups in total. The standard InChI is InChI=1S/C15H10N2O5/c1-20-13-11-9(8-16)4-3-5-10(11)17-12(15(19)21-2)14(13)22-7-6-18/h3-5,7H,1-2H3. The molecule has 0 saturated carbocycles. The van der Waals surface area contributed by atoms with Gasteiger partial charge in [0.1, 0.15) is 0 Å². The Balaban J connectivity index is 2.93. The highest BCUT2D eigenvalue weighted by atomic mass is 16.5. The summed E-state index contributed by atoms with van der Waals surface area (Å²) in [6.07, 6.45) is 0.715. The zero-order valence-corrected chi connectivity index (χ0v) is 11.7. The highest BCUT2D eigenvalue weighted by Crippen LogP contribution is 2.39. The average Bonchev–Trinajstić information content (AvgIpc) is 2.57. The van der Waals surface area contributed by atoms with Gasteiger partial charge in [-0.15, -0.1) is 0 Å². The first-order chi connectivity index (χ1) is 10.7. The van der Waals surface area contributed by atoms with E-state index in [1.807, 2.05) is 6.07 Å². The first-order valence-corrected chi connectivity index (χ1v) is 6.03. The second-order valence-corrected chi connectivity index (χ2v) is 3.98. The molecule has 0 amide bonds. The van der Waals surface area contributed by atoms with E-state index >= 15 is 0 Å². The van der Waals surface area contributed by atoms with Crippen LogP contribution in [0.15, 0.2) is 24.5 Å². The van der Waals surface area contributed by atoms with E-state index in [-0.39, 0.29) is 22.8 Å². The Bertz CT molecular complexity index is 832. The number of nitrogens with zero attached hydrogens (tertiary/aromatic N) is 2. The lowest BCUT2D eigenvalue weighted by Gasteiger charge is -2.14. The van der Waals surface area contributed by atoms with E-state index in [4.69, 9.17) is 9.47 Å². The Hall–Kier alpha value is -3.36. The summed E-state index contributed by atoms with van der Waals surface area (Å²) in [6.45, 7) is 0. The van der Waals surface area contributed by atoms with Gasteiger partial charge in [-0.1, -0.05) is 6.07 Å². The molecule has 22 heavy (non-hydrogen) atoms. The molecule has 0 saturated heterocycles. The average molecular weight is 298 g/mol. The van der Waals surface area contributed by atoms with Gasteiger partial charge in [0, 0.05) is 0 Å². The van der Waals surface area contributed by atoms with Crippen LogP contribution in [-0.2, 0) is 9.53 Å². The maximum Gasteiger partial charge on any atom is 0.360 e. The van der Waals surface area contributed by atoms with E-state index in [0.717, 1.165) is 0 Å². The van der Waals surface area contributed by atoms with Crippen LogP contribution in [-0.4, -0.2) is 31.1 Å². The highest BCUT2D eigenvalue weighted by Gasteiger charge is 2.24. The van der Waals surface area contributed by atoms with Gasteiger partial charge < -0.3 is 14.2 Å². The lowest BCUT2D eigenvalue weighted by molar-refractivity contribution is 0.0590. The number of fused-ring (bicyclic) bond motifs is 1. The van der Waals surface area contributed by atoms with Crippen molar-refractivity contribution in [1.82, 2.24) is 4.98 Å². The van der Waals surface area contributed by atoms with Crippen LogP contribution in [0.1, 0.15) is 16.1 Å². The monoisotopic (exact) mass is 298 g/mol. The molecule has 0 aliphatic carbocycles. The van der Waals surface area contributed by atoms with Crippen molar-refractivity contribution in [2.45, 2.75) is 0 Å². The summed E-state index contributed by atoms with van der Waals surface area (Å²) in [5.41, 5.74) is 0.477. The summed E-state index contributed by atoms with van der Waals surface area (Å²) >= 11 is 0. The summed E-state index contributed by atoms with van der Waals surface area (Å²) in [5.74, 6) is 0.652. The Morgan fingerprint density at radius 2 is 2.09 bits per heavy atom. The van der Waals surface area contributed by atoms with Gasteiger partial charge in [0.15, 0.2) is 23.6 Å². The number of hydrogen-bond donors (Lipinski definition) is 0. The molecule has 0 aliphatic heterocycles. The lowest BCUT2D eigenvalue weighted by Crippen LogP contribution is -2.09. The molecule has 7 heteroatoms. The van der Waals surface area contributed by atoms with Crippen LogP contribution in [0, 0.1) is 11.3 Å². The maximum absolute atomic E-state index is 11.9. The van der Waals surface area contributed by atoms with Gasteiger partial charge in [-0.05, 0) is 12.1 Å². The zero-order valence-electron chi connectivity index (χ0n) is 11.7. The van der Waals surface area contributed by atoms with Crippen LogP contribution in [0.3, 0.4) is 0 Å². The molecule has 0 atom stereocenters. The van der Waals surface area contributed by atoms with Crippen LogP contribution in [0.2, 0.25) is 0 Å². The van der Waals surface area contributed by atoms with Crippen molar-refractivity contribution < 1.29 is 23.8 Å². The van der Waals surface area contributed by atoms with E-state index in [1.54, 1.807) is 18.2 Å². The minimum Gasteiger partial charge on any atom is -0.492 e. The van der Waals surface area contributed by atoms with Gasteiger partial charge in [0.25, 0.3) is 0 Å². The van der Waals surface area contributed by atoms with E-state index in [0.29, 0.717) is 17.2 Å². The molecule has 0 unspecified atom stereocenters. The molecular formula is C15H10N2O5. The Kier molecular flexibility index (Phi) is 4.37. The second kappa shape index (κ2) is 6.39. The minimum absolute atomic E-state index is 0.106. The third kappa shape index (κ3) is 2.46. The molecule has 7 nitrogen and oxygen atoms in total. The summed E-state index contributed by atoms with van der Waals surface area (Å²) in [5, 5.41) is 9.58. The first-order valence-electron chi connectivity index (χ1n) is 6.03. The predicted molar refractivity (Wildman–Crippen MR) is 75.2 cm³/mol. The normalized spacial score (nSPS) is 9.50. The number of methoxy groups -OCH3 is 2. The molecular weight excluding hydrogens is 288 g/mol. The third-order valence-electron chi connectivity index (χ3n) is 2.85. The van der Waals surface area contributed by atoms with Gasteiger partial charge in [0.2, 0.25) is 5.75 Å². The van der Waals surface area contributed by atoms with Crippen molar-refractivity contribution in [1.29, 1.82) is 5.26 Å². The van der Waals surface area contributed by atoms with Crippen molar-refractivity contribution in [2.75, 3.05) is 14.2 Å². The number of pyridine rings is 1. The number of hydrogen-bond acceptors (Lipinski definition) is 7. The Labute approximate surface area is 125 Å². The van der Waals surface area contributed by atoms with Crippen molar-refractivity contribution in [2.24, 2.45) is 0 Å². The molecule has 0 aliphatic rings. The molecule has 0 bridgehead atoms. The SMILES string of the molecule is COC(=O)c1nc2cccc(C#N)c2c(OC)c1OC=C=O. The van der Waals surface area contributed by atoms with Crippen LogP contribution >= 0.6 is 0 Å². The fourth-order valence-electron chi connectivity index (χ4n) is 1.98. The zero-order chi connectivity index (χ0) is 16.1. The van der Waals surface area contributed by atoms with Gasteiger partial charge in [-0.25, -0.2) is 14.6 Å². The minimum atomic E-state index is -0.767.